The van der Waals surface area contributed by atoms with E-state index in [9.17, 15) is 4.79 Å². The third-order valence-electron chi connectivity index (χ3n) is 6.35. The lowest BCUT2D eigenvalue weighted by Crippen LogP contribution is -2.35. The van der Waals surface area contributed by atoms with Crippen LogP contribution in [0.5, 0.6) is 0 Å². The van der Waals surface area contributed by atoms with E-state index >= 15 is 0 Å². The van der Waals surface area contributed by atoms with Gasteiger partial charge in [0, 0.05) is 44.0 Å². The number of carbonyl (C=O) groups is 1. The van der Waals surface area contributed by atoms with Gasteiger partial charge < -0.3 is 9.80 Å². The third kappa shape index (κ3) is 4.11. The maximum absolute atomic E-state index is 13.8. The van der Waals surface area contributed by atoms with E-state index in [2.05, 4.69) is 16.1 Å². The first-order valence-electron chi connectivity index (χ1n) is 11.6. The lowest BCUT2D eigenvalue weighted by Gasteiger charge is -2.24. The summed E-state index contributed by atoms with van der Waals surface area (Å²) in [5.74, 6) is 0.0157. The topological polar surface area (TPSA) is 78.0 Å². The molecule has 0 spiro atoms. The Labute approximate surface area is 198 Å². The van der Waals surface area contributed by atoms with E-state index in [-0.39, 0.29) is 5.91 Å². The smallest absolute Gasteiger partial charge is 0.254 e. The Kier molecular flexibility index (Phi) is 5.96. The van der Waals surface area contributed by atoms with Crippen LogP contribution in [0, 0.1) is 11.3 Å². The zero-order valence-corrected chi connectivity index (χ0v) is 19.2. The van der Waals surface area contributed by atoms with Crippen LogP contribution in [0.3, 0.4) is 0 Å². The van der Waals surface area contributed by atoms with Crippen LogP contribution in [-0.4, -0.2) is 51.8 Å². The third-order valence-corrected chi connectivity index (χ3v) is 6.35. The number of benzene rings is 2. The average molecular weight is 451 g/mol. The first kappa shape index (κ1) is 21.7. The summed E-state index contributed by atoms with van der Waals surface area (Å²) in [5, 5.41) is 14.3. The number of nitriles is 1. The number of aromatic nitrogens is 3. The van der Waals surface area contributed by atoms with E-state index in [1.54, 1.807) is 6.20 Å². The number of nitrogens with zero attached hydrogens (tertiary/aromatic N) is 6. The number of carbonyl (C=O) groups excluding carboxylic acids is 1. The monoisotopic (exact) mass is 450 g/mol. The maximum atomic E-state index is 13.8. The van der Waals surface area contributed by atoms with Crippen LogP contribution in [0.1, 0.15) is 29.3 Å². The van der Waals surface area contributed by atoms with Crippen molar-refractivity contribution in [2.75, 3.05) is 31.1 Å². The molecule has 0 radical (unpaired) electrons. The summed E-state index contributed by atoms with van der Waals surface area (Å²) in [6.07, 6.45) is 2.63. The lowest BCUT2D eigenvalue weighted by atomic mass is 10.1. The largest absolute Gasteiger partial charge is 0.370 e. The molecule has 1 saturated heterocycles. The van der Waals surface area contributed by atoms with E-state index in [1.807, 2.05) is 77.2 Å². The number of amides is 1. The molecule has 4 aromatic rings. The second-order valence-corrected chi connectivity index (χ2v) is 8.41. The Balaban J connectivity index is 1.44. The molecule has 0 bridgehead atoms. The quantitative estimate of drug-likeness (QED) is 0.462. The molecule has 1 fully saturated rings. The number of rotatable bonds is 4. The minimum atomic E-state index is 0.0157. The number of hydrogen-bond donors (Lipinski definition) is 0. The normalized spacial score (nSPS) is 14.1. The molecule has 1 amide bonds. The SMILES string of the molecule is CCn1ncc2c(C(=O)N3CCCN(c4ccc(C#N)cc4)CC3)cc(-c3ccccc3)nc21. The van der Waals surface area contributed by atoms with Gasteiger partial charge in [0.1, 0.15) is 0 Å². The van der Waals surface area contributed by atoms with Crippen LogP contribution >= 0.6 is 0 Å². The van der Waals surface area contributed by atoms with Crippen LogP contribution in [0.15, 0.2) is 66.9 Å². The van der Waals surface area contributed by atoms with Crippen molar-refractivity contribution in [3.05, 3.63) is 78.0 Å². The number of aryl methyl sites for hydroxylation is 1. The fourth-order valence-corrected chi connectivity index (χ4v) is 4.51. The predicted octanol–water partition coefficient (Wildman–Crippen LogP) is 4.34. The van der Waals surface area contributed by atoms with Crippen molar-refractivity contribution >= 4 is 22.6 Å². The highest BCUT2D eigenvalue weighted by atomic mass is 16.2. The van der Waals surface area contributed by atoms with Crippen molar-refractivity contribution in [1.29, 1.82) is 5.26 Å². The number of pyridine rings is 1. The zero-order chi connectivity index (χ0) is 23.5. The summed E-state index contributed by atoms with van der Waals surface area (Å²) in [6, 6.07) is 21.7. The van der Waals surface area contributed by atoms with Crippen molar-refractivity contribution in [1.82, 2.24) is 19.7 Å². The Hall–Kier alpha value is -4.18. The first-order chi connectivity index (χ1) is 16.7. The fraction of sp³-hybridized carbons (Fsp3) is 0.259. The van der Waals surface area contributed by atoms with Crippen LogP contribution in [0.25, 0.3) is 22.3 Å². The number of hydrogen-bond acceptors (Lipinski definition) is 5. The zero-order valence-electron chi connectivity index (χ0n) is 19.2. The molecule has 7 nitrogen and oxygen atoms in total. The van der Waals surface area contributed by atoms with Crippen molar-refractivity contribution in [3.8, 4) is 17.3 Å². The highest BCUT2D eigenvalue weighted by Gasteiger charge is 2.24. The number of fused-ring (bicyclic) bond motifs is 1. The summed E-state index contributed by atoms with van der Waals surface area (Å²) < 4.78 is 1.84. The van der Waals surface area contributed by atoms with Crippen molar-refractivity contribution in [3.63, 3.8) is 0 Å². The average Bonchev–Trinajstić information content (AvgIpc) is 3.16. The van der Waals surface area contributed by atoms with Gasteiger partial charge >= 0.3 is 0 Å². The molecule has 7 heteroatoms. The minimum absolute atomic E-state index is 0.0157. The van der Waals surface area contributed by atoms with Crippen molar-refractivity contribution < 1.29 is 4.79 Å². The fourth-order valence-electron chi connectivity index (χ4n) is 4.51. The van der Waals surface area contributed by atoms with Gasteiger partial charge in [-0.2, -0.15) is 10.4 Å². The molecule has 0 atom stereocenters. The molecule has 0 N–H and O–H groups in total. The summed E-state index contributed by atoms with van der Waals surface area (Å²) >= 11 is 0. The first-order valence-corrected chi connectivity index (χ1v) is 11.6. The molecule has 1 aliphatic heterocycles. The standard InChI is InChI=1S/C27H26N6O/c1-2-33-26-24(19-29-33)23(17-25(30-26)21-7-4-3-5-8-21)27(34)32-14-6-13-31(15-16-32)22-11-9-20(18-28)10-12-22/h3-5,7-12,17,19H,2,6,13-16H2,1H3. The molecule has 34 heavy (non-hydrogen) atoms. The van der Waals surface area contributed by atoms with E-state index in [0.29, 0.717) is 30.8 Å². The van der Waals surface area contributed by atoms with Gasteiger partial charge in [-0.25, -0.2) is 9.67 Å². The molecule has 5 rings (SSSR count). The van der Waals surface area contributed by atoms with Gasteiger partial charge in [-0.15, -0.1) is 0 Å². The van der Waals surface area contributed by atoms with Gasteiger partial charge in [-0.1, -0.05) is 30.3 Å². The van der Waals surface area contributed by atoms with Crippen LogP contribution in [-0.2, 0) is 6.54 Å². The van der Waals surface area contributed by atoms with Crippen molar-refractivity contribution in [2.45, 2.75) is 19.9 Å². The molecule has 170 valence electrons. The van der Waals surface area contributed by atoms with Gasteiger partial charge in [0.2, 0.25) is 0 Å². The van der Waals surface area contributed by atoms with E-state index < -0.39 is 0 Å². The minimum Gasteiger partial charge on any atom is -0.370 e. The van der Waals surface area contributed by atoms with Crippen LogP contribution in [0.2, 0.25) is 0 Å². The van der Waals surface area contributed by atoms with Gasteiger partial charge in [-0.05, 0) is 43.7 Å². The molecule has 0 unspecified atom stereocenters. The molecule has 3 heterocycles. The van der Waals surface area contributed by atoms with Crippen LogP contribution < -0.4 is 4.90 Å². The lowest BCUT2D eigenvalue weighted by molar-refractivity contribution is 0.0769. The molecule has 2 aromatic heterocycles. The molecule has 2 aromatic carbocycles. The van der Waals surface area contributed by atoms with Gasteiger partial charge in [0.05, 0.1) is 34.5 Å². The second kappa shape index (κ2) is 9.36. The Bertz CT molecular complexity index is 1350. The highest BCUT2D eigenvalue weighted by Crippen LogP contribution is 2.27. The Morgan fingerprint density at radius 1 is 1.03 bits per heavy atom. The maximum Gasteiger partial charge on any atom is 0.254 e. The second-order valence-electron chi connectivity index (χ2n) is 8.41. The summed E-state index contributed by atoms with van der Waals surface area (Å²) in [4.78, 5) is 22.8. The van der Waals surface area contributed by atoms with E-state index in [1.165, 1.54) is 0 Å². The molecule has 0 saturated carbocycles. The molecule has 1 aliphatic rings. The van der Waals surface area contributed by atoms with Gasteiger partial charge in [0.15, 0.2) is 5.65 Å². The van der Waals surface area contributed by atoms with E-state index in [0.717, 1.165) is 47.5 Å². The molecular weight excluding hydrogens is 424 g/mol. The molecule has 0 aliphatic carbocycles. The van der Waals surface area contributed by atoms with E-state index in [4.69, 9.17) is 10.2 Å². The summed E-state index contributed by atoms with van der Waals surface area (Å²) in [7, 11) is 0. The van der Waals surface area contributed by atoms with Gasteiger partial charge in [-0.3, -0.25) is 4.79 Å². The number of anilines is 1. The van der Waals surface area contributed by atoms with Crippen LogP contribution in [0.4, 0.5) is 5.69 Å². The van der Waals surface area contributed by atoms with Crippen molar-refractivity contribution in [2.24, 2.45) is 0 Å². The van der Waals surface area contributed by atoms with Gasteiger partial charge in [0.25, 0.3) is 5.91 Å². The summed E-state index contributed by atoms with van der Waals surface area (Å²) in [6.45, 7) is 5.64. The predicted molar refractivity (Wildman–Crippen MR) is 133 cm³/mol. The summed E-state index contributed by atoms with van der Waals surface area (Å²) in [5.41, 5.74) is 4.87. The molecular formula is C27H26N6O. The Morgan fingerprint density at radius 2 is 1.82 bits per heavy atom. The highest BCUT2D eigenvalue weighted by molar-refractivity contribution is 6.06. The Morgan fingerprint density at radius 3 is 2.56 bits per heavy atom.